The molecule has 0 saturated heterocycles. The van der Waals surface area contributed by atoms with E-state index in [1.807, 2.05) is 44.2 Å². The topological polar surface area (TPSA) is 64.4 Å². The molecule has 1 aromatic heterocycles. The summed E-state index contributed by atoms with van der Waals surface area (Å²) < 4.78 is 11.5. The van der Waals surface area contributed by atoms with Crippen molar-refractivity contribution in [2.45, 2.75) is 20.0 Å². The molecule has 0 aliphatic heterocycles. The quantitative estimate of drug-likeness (QED) is 0.429. The largest absolute Gasteiger partial charge is 0.491 e. The molecule has 4 aromatic rings. The van der Waals surface area contributed by atoms with Crippen LogP contribution in [0.25, 0.3) is 22.6 Å². The van der Waals surface area contributed by atoms with Crippen molar-refractivity contribution < 1.29 is 13.9 Å². The van der Waals surface area contributed by atoms with Crippen LogP contribution in [0.5, 0.6) is 5.75 Å². The number of ether oxygens (including phenoxy) is 1. The van der Waals surface area contributed by atoms with E-state index in [0.29, 0.717) is 39.0 Å². The van der Waals surface area contributed by atoms with Crippen LogP contribution in [0.15, 0.2) is 71.1 Å². The molecule has 0 atom stereocenters. The minimum Gasteiger partial charge on any atom is -0.491 e. The summed E-state index contributed by atoms with van der Waals surface area (Å²) in [5.74, 6) is 0.901. The molecule has 0 radical (unpaired) electrons. The fourth-order valence-corrected chi connectivity index (χ4v) is 3.11. The molecule has 0 spiro atoms. The number of benzene rings is 3. The highest BCUT2D eigenvalue weighted by atomic mass is 35.5. The van der Waals surface area contributed by atoms with Gasteiger partial charge >= 0.3 is 0 Å². The zero-order chi connectivity index (χ0) is 20.4. The van der Waals surface area contributed by atoms with Crippen LogP contribution in [0, 0.1) is 0 Å². The van der Waals surface area contributed by atoms with E-state index >= 15 is 0 Å². The molecule has 1 amide bonds. The van der Waals surface area contributed by atoms with E-state index in [-0.39, 0.29) is 12.0 Å². The number of nitrogens with one attached hydrogen (secondary N) is 1. The molecule has 0 fully saturated rings. The average molecular weight is 407 g/mol. The van der Waals surface area contributed by atoms with Gasteiger partial charge in [-0.3, -0.25) is 4.79 Å². The molecule has 1 N–H and O–H groups in total. The van der Waals surface area contributed by atoms with Gasteiger partial charge in [0, 0.05) is 21.8 Å². The Morgan fingerprint density at radius 3 is 2.72 bits per heavy atom. The van der Waals surface area contributed by atoms with E-state index < -0.39 is 0 Å². The van der Waals surface area contributed by atoms with Crippen LogP contribution in [0.2, 0.25) is 5.02 Å². The third kappa shape index (κ3) is 4.41. The fraction of sp³-hybridized carbons (Fsp3) is 0.130. The molecule has 0 saturated carbocycles. The number of amides is 1. The summed E-state index contributed by atoms with van der Waals surface area (Å²) in [4.78, 5) is 17.1. The number of anilines is 1. The minimum atomic E-state index is -0.222. The van der Waals surface area contributed by atoms with Crippen LogP contribution >= 0.6 is 11.6 Å². The highest BCUT2D eigenvalue weighted by Gasteiger charge is 2.12. The lowest BCUT2D eigenvalue weighted by Crippen LogP contribution is -2.12. The van der Waals surface area contributed by atoms with Gasteiger partial charge in [-0.25, -0.2) is 4.98 Å². The fourth-order valence-electron chi connectivity index (χ4n) is 2.94. The summed E-state index contributed by atoms with van der Waals surface area (Å²) in [6.07, 6.45) is 0.0381. The first kappa shape index (κ1) is 19.0. The Balaban J connectivity index is 1.56. The summed E-state index contributed by atoms with van der Waals surface area (Å²) in [6.45, 7) is 3.89. The average Bonchev–Trinajstić information content (AvgIpc) is 3.11. The number of hydrogen-bond donors (Lipinski definition) is 1. The SMILES string of the molecule is CC(C)Oc1cccc(C(=O)Nc2cccc(-c3nc4cc(Cl)ccc4o3)c2)c1. The number of aromatic nitrogens is 1. The van der Waals surface area contributed by atoms with Crippen molar-refractivity contribution in [1.29, 1.82) is 0 Å². The zero-order valence-electron chi connectivity index (χ0n) is 16.0. The third-order valence-corrected chi connectivity index (χ3v) is 4.42. The molecule has 0 aliphatic carbocycles. The summed E-state index contributed by atoms with van der Waals surface area (Å²) in [7, 11) is 0. The molecule has 6 heteroatoms. The van der Waals surface area contributed by atoms with Crippen LogP contribution in [-0.2, 0) is 0 Å². The Labute approximate surface area is 173 Å². The summed E-state index contributed by atoms with van der Waals surface area (Å²) in [5.41, 5.74) is 3.25. The Kier molecular flexibility index (Phi) is 5.23. The van der Waals surface area contributed by atoms with Crippen molar-refractivity contribution >= 4 is 34.3 Å². The van der Waals surface area contributed by atoms with Crippen LogP contribution in [0.3, 0.4) is 0 Å². The molecule has 5 nitrogen and oxygen atoms in total. The van der Waals surface area contributed by atoms with Gasteiger partial charge in [0.25, 0.3) is 5.91 Å². The van der Waals surface area contributed by atoms with E-state index in [2.05, 4.69) is 10.3 Å². The number of carbonyl (C=O) groups excluding carboxylic acids is 1. The molecule has 3 aromatic carbocycles. The third-order valence-electron chi connectivity index (χ3n) is 4.19. The molecule has 29 heavy (non-hydrogen) atoms. The highest BCUT2D eigenvalue weighted by molar-refractivity contribution is 6.31. The van der Waals surface area contributed by atoms with Crippen LogP contribution in [-0.4, -0.2) is 17.0 Å². The van der Waals surface area contributed by atoms with Gasteiger partial charge in [-0.15, -0.1) is 0 Å². The lowest BCUT2D eigenvalue weighted by Gasteiger charge is -2.11. The number of rotatable bonds is 5. The van der Waals surface area contributed by atoms with Crippen LogP contribution in [0.4, 0.5) is 5.69 Å². The van der Waals surface area contributed by atoms with Gasteiger partial charge in [-0.2, -0.15) is 0 Å². The molecular weight excluding hydrogens is 388 g/mol. The number of fused-ring (bicyclic) bond motifs is 1. The second-order valence-corrected chi connectivity index (χ2v) is 7.30. The summed E-state index contributed by atoms with van der Waals surface area (Å²) in [5, 5.41) is 3.51. The van der Waals surface area contributed by atoms with E-state index in [1.165, 1.54) is 0 Å². The predicted octanol–water partition coefficient (Wildman–Crippen LogP) is 6.19. The molecular formula is C23H19ClN2O3. The van der Waals surface area contributed by atoms with Gasteiger partial charge in [0.05, 0.1) is 6.10 Å². The maximum absolute atomic E-state index is 12.7. The van der Waals surface area contributed by atoms with Crippen molar-refractivity contribution in [3.63, 3.8) is 0 Å². The van der Waals surface area contributed by atoms with Gasteiger partial charge in [-0.1, -0.05) is 23.7 Å². The van der Waals surface area contributed by atoms with Gasteiger partial charge in [0.15, 0.2) is 5.58 Å². The van der Waals surface area contributed by atoms with Crippen molar-refractivity contribution in [2.75, 3.05) is 5.32 Å². The smallest absolute Gasteiger partial charge is 0.255 e. The van der Waals surface area contributed by atoms with Crippen LogP contribution < -0.4 is 10.1 Å². The molecule has 146 valence electrons. The Morgan fingerprint density at radius 2 is 1.90 bits per heavy atom. The van der Waals surface area contributed by atoms with E-state index in [9.17, 15) is 4.79 Å². The van der Waals surface area contributed by atoms with E-state index in [4.69, 9.17) is 20.8 Å². The minimum absolute atomic E-state index is 0.0381. The first-order valence-corrected chi connectivity index (χ1v) is 9.60. The van der Waals surface area contributed by atoms with Gasteiger partial charge in [0.2, 0.25) is 5.89 Å². The zero-order valence-corrected chi connectivity index (χ0v) is 16.7. The number of oxazole rings is 1. The van der Waals surface area contributed by atoms with Crippen molar-refractivity contribution in [3.8, 4) is 17.2 Å². The van der Waals surface area contributed by atoms with Gasteiger partial charge in [0.1, 0.15) is 11.3 Å². The van der Waals surface area contributed by atoms with E-state index in [1.54, 1.807) is 36.4 Å². The van der Waals surface area contributed by atoms with Crippen molar-refractivity contribution in [3.05, 3.63) is 77.3 Å². The number of nitrogens with zero attached hydrogens (tertiary/aromatic N) is 1. The summed E-state index contributed by atoms with van der Waals surface area (Å²) >= 11 is 6.02. The monoisotopic (exact) mass is 406 g/mol. The maximum Gasteiger partial charge on any atom is 0.255 e. The van der Waals surface area contributed by atoms with Gasteiger partial charge < -0.3 is 14.5 Å². The van der Waals surface area contributed by atoms with Gasteiger partial charge in [-0.05, 0) is 68.4 Å². The summed E-state index contributed by atoms with van der Waals surface area (Å²) in [6, 6.07) is 19.7. The molecule has 0 unspecified atom stereocenters. The second-order valence-electron chi connectivity index (χ2n) is 6.86. The predicted molar refractivity (Wildman–Crippen MR) is 115 cm³/mol. The lowest BCUT2D eigenvalue weighted by atomic mass is 10.1. The van der Waals surface area contributed by atoms with Crippen LogP contribution in [0.1, 0.15) is 24.2 Å². The molecule has 4 rings (SSSR count). The Hall–Kier alpha value is -3.31. The molecule has 1 heterocycles. The maximum atomic E-state index is 12.7. The second kappa shape index (κ2) is 7.97. The number of halogens is 1. The van der Waals surface area contributed by atoms with Crippen molar-refractivity contribution in [2.24, 2.45) is 0 Å². The molecule has 0 aliphatic rings. The normalized spacial score (nSPS) is 11.0. The number of hydrogen-bond acceptors (Lipinski definition) is 4. The Morgan fingerprint density at radius 1 is 1.07 bits per heavy atom. The number of carbonyl (C=O) groups is 1. The first-order valence-electron chi connectivity index (χ1n) is 9.22. The highest BCUT2D eigenvalue weighted by Crippen LogP contribution is 2.28. The Bertz CT molecular complexity index is 1180. The molecule has 0 bridgehead atoms. The van der Waals surface area contributed by atoms with Crippen molar-refractivity contribution in [1.82, 2.24) is 4.98 Å². The van der Waals surface area contributed by atoms with E-state index in [0.717, 1.165) is 5.56 Å². The first-order chi connectivity index (χ1) is 14.0. The standard InChI is InChI=1S/C23H19ClN2O3/c1-14(2)28-19-8-4-5-15(12-19)22(27)25-18-7-3-6-16(11-18)23-26-20-13-17(24)9-10-21(20)29-23/h3-14H,1-2H3,(H,25,27). The lowest BCUT2D eigenvalue weighted by molar-refractivity contribution is 0.102.